The lowest BCUT2D eigenvalue weighted by Crippen LogP contribution is -2.56. The smallest absolute Gasteiger partial charge is 0.220 e. The van der Waals surface area contributed by atoms with Crippen LogP contribution in [0, 0.1) is 5.82 Å². The van der Waals surface area contributed by atoms with E-state index in [1.165, 1.54) is 6.07 Å². The van der Waals surface area contributed by atoms with Crippen LogP contribution in [-0.4, -0.2) is 34.4 Å². The van der Waals surface area contributed by atoms with Gasteiger partial charge >= 0.3 is 0 Å². The predicted molar refractivity (Wildman–Crippen MR) is 124 cm³/mol. The molecule has 6 heteroatoms. The van der Waals surface area contributed by atoms with Crippen molar-refractivity contribution < 1.29 is 13.9 Å². The number of hydrogen-bond acceptors (Lipinski definition) is 4. The average molecular weight is 446 g/mol. The number of piperidine rings is 1. The fraction of sp³-hybridized carbons (Fsp3) is 0.333. The predicted octanol–water partition coefficient (Wildman–Crippen LogP) is 4.44. The van der Waals surface area contributed by atoms with Gasteiger partial charge in [0.25, 0.3) is 0 Å². The van der Waals surface area contributed by atoms with Crippen LogP contribution in [0.15, 0.2) is 73.1 Å². The van der Waals surface area contributed by atoms with E-state index < -0.39 is 0 Å². The maximum Gasteiger partial charge on any atom is 0.220 e. The normalized spacial score (nSPS) is 22.9. The van der Waals surface area contributed by atoms with E-state index in [1.807, 2.05) is 42.6 Å². The van der Waals surface area contributed by atoms with Gasteiger partial charge in [-0.3, -0.25) is 14.7 Å². The van der Waals surface area contributed by atoms with Crippen molar-refractivity contribution in [2.45, 2.75) is 43.9 Å². The average Bonchev–Trinajstić information content (AvgIpc) is 3.15. The van der Waals surface area contributed by atoms with Gasteiger partial charge in [-0.15, -0.1) is 0 Å². The highest BCUT2D eigenvalue weighted by Gasteiger charge is 2.49. The van der Waals surface area contributed by atoms with Gasteiger partial charge < -0.3 is 10.1 Å². The van der Waals surface area contributed by atoms with E-state index in [2.05, 4.69) is 21.3 Å². The molecule has 3 heterocycles. The van der Waals surface area contributed by atoms with Gasteiger partial charge in [0.15, 0.2) is 0 Å². The third-order valence-corrected chi connectivity index (χ3v) is 6.76. The number of rotatable bonds is 6. The number of pyridine rings is 1. The molecule has 5 rings (SSSR count). The van der Waals surface area contributed by atoms with Gasteiger partial charge in [-0.2, -0.15) is 0 Å². The summed E-state index contributed by atoms with van der Waals surface area (Å²) >= 11 is 0. The van der Waals surface area contributed by atoms with Crippen LogP contribution in [0.5, 0.6) is 5.75 Å². The SMILES string of the molecule is O=C1CCC[C@]2(CN(Cc3ccccc3OCc3cccnc3)C[C@H]2c2cccc(F)c2)N1. The molecule has 1 amide bonds. The Morgan fingerprint density at radius 2 is 2.06 bits per heavy atom. The maximum atomic E-state index is 14.1. The summed E-state index contributed by atoms with van der Waals surface area (Å²) in [6.45, 7) is 2.64. The van der Waals surface area contributed by atoms with Crippen molar-refractivity contribution in [2.24, 2.45) is 0 Å². The maximum absolute atomic E-state index is 14.1. The molecule has 33 heavy (non-hydrogen) atoms. The Morgan fingerprint density at radius 3 is 2.88 bits per heavy atom. The number of benzene rings is 2. The molecule has 0 bridgehead atoms. The molecule has 2 saturated heterocycles. The Bertz CT molecular complexity index is 1120. The minimum absolute atomic E-state index is 0.0425. The van der Waals surface area contributed by atoms with Gasteiger partial charge in [-0.05, 0) is 42.7 Å². The number of ether oxygens (including phenoxy) is 1. The summed E-state index contributed by atoms with van der Waals surface area (Å²) in [6.07, 6.45) is 5.87. The van der Waals surface area contributed by atoms with Crippen molar-refractivity contribution in [1.29, 1.82) is 0 Å². The Hall–Kier alpha value is -3.25. The fourth-order valence-electron chi connectivity index (χ4n) is 5.28. The lowest BCUT2D eigenvalue weighted by atomic mass is 9.76. The summed E-state index contributed by atoms with van der Waals surface area (Å²) in [6, 6.07) is 18.8. The first-order valence-electron chi connectivity index (χ1n) is 11.5. The van der Waals surface area contributed by atoms with Gasteiger partial charge in [0.1, 0.15) is 18.2 Å². The fourth-order valence-corrected chi connectivity index (χ4v) is 5.28. The summed E-state index contributed by atoms with van der Waals surface area (Å²) in [4.78, 5) is 18.9. The van der Waals surface area contributed by atoms with Crippen LogP contribution in [0.2, 0.25) is 0 Å². The third-order valence-electron chi connectivity index (χ3n) is 6.76. The van der Waals surface area contributed by atoms with Crippen LogP contribution in [0.1, 0.15) is 41.9 Å². The van der Waals surface area contributed by atoms with Gasteiger partial charge in [0.2, 0.25) is 5.91 Å². The van der Waals surface area contributed by atoms with Crippen molar-refractivity contribution in [1.82, 2.24) is 15.2 Å². The molecule has 2 aliphatic heterocycles. The second-order valence-corrected chi connectivity index (χ2v) is 9.09. The van der Waals surface area contributed by atoms with Crippen molar-refractivity contribution >= 4 is 5.91 Å². The highest BCUT2D eigenvalue weighted by Crippen LogP contribution is 2.42. The van der Waals surface area contributed by atoms with E-state index in [4.69, 9.17) is 4.74 Å². The molecule has 170 valence electrons. The zero-order chi connectivity index (χ0) is 22.7. The molecule has 0 radical (unpaired) electrons. The van der Waals surface area contributed by atoms with E-state index in [0.29, 0.717) is 19.6 Å². The lowest BCUT2D eigenvalue weighted by Gasteiger charge is -2.39. The summed E-state index contributed by atoms with van der Waals surface area (Å²) in [5.74, 6) is 0.736. The number of nitrogens with zero attached hydrogens (tertiary/aromatic N) is 2. The summed E-state index contributed by atoms with van der Waals surface area (Å²) < 4.78 is 20.2. The van der Waals surface area contributed by atoms with E-state index in [-0.39, 0.29) is 23.2 Å². The van der Waals surface area contributed by atoms with Gasteiger partial charge in [0.05, 0.1) is 5.54 Å². The largest absolute Gasteiger partial charge is 0.489 e. The first-order valence-corrected chi connectivity index (χ1v) is 11.5. The van der Waals surface area contributed by atoms with Crippen LogP contribution >= 0.6 is 0 Å². The Morgan fingerprint density at radius 1 is 1.15 bits per heavy atom. The highest BCUT2D eigenvalue weighted by molar-refractivity contribution is 5.78. The number of amides is 1. The van der Waals surface area contributed by atoms with E-state index in [9.17, 15) is 9.18 Å². The number of nitrogens with one attached hydrogen (secondary N) is 1. The molecular weight excluding hydrogens is 417 g/mol. The lowest BCUT2D eigenvalue weighted by molar-refractivity contribution is -0.125. The molecule has 2 atom stereocenters. The molecule has 1 spiro atoms. The number of carbonyl (C=O) groups is 1. The van der Waals surface area contributed by atoms with Crippen molar-refractivity contribution in [3.63, 3.8) is 0 Å². The molecule has 1 N–H and O–H groups in total. The number of carbonyl (C=O) groups excluding carboxylic acids is 1. The van der Waals surface area contributed by atoms with E-state index in [1.54, 1.807) is 18.3 Å². The van der Waals surface area contributed by atoms with Crippen LogP contribution in [0.3, 0.4) is 0 Å². The third kappa shape index (κ3) is 4.76. The molecule has 2 aliphatic rings. The van der Waals surface area contributed by atoms with Crippen molar-refractivity contribution in [3.05, 3.63) is 95.6 Å². The van der Waals surface area contributed by atoms with Crippen LogP contribution < -0.4 is 10.1 Å². The number of halogens is 1. The van der Waals surface area contributed by atoms with Crippen LogP contribution in [-0.2, 0) is 17.9 Å². The van der Waals surface area contributed by atoms with Crippen LogP contribution in [0.4, 0.5) is 4.39 Å². The summed E-state index contributed by atoms with van der Waals surface area (Å²) in [5.41, 5.74) is 2.69. The monoisotopic (exact) mass is 445 g/mol. The number of para-hydroxylation sites is 1. The topological polar surface area (TPSA) is 54.5 Å². The Balaban J connectivity index is 1.37. The molecule has 3 aromatic rings. The molecule has 0 saturated carbocycles. The first kappa shape index (κ1) is 21.6. The quantitative estimate of drug-likeness (QED) is 0.610. The number of likely N-dealkylation sites (tertiary alicyclic amines) is 1. The van der Waals surface area contributed by atoms with Gasteiger partial charge in [-0.25, -0.2) is 4.39 Å². The Kier molecular flexibility index (Phi) is 6.09. The van der Waals surface area contributed by atoms with E-state index in [0.717, 1.165) is 48.4 Å². The number of hydrogen-bond donors (Lipinski definition) is 1. The molecular formula is C27H28FN3O2. The molecule has 2 fully saturated rings. The molecule has 0 aliphatic carbocycles. The minimum atomic E-state index is -0.366. The zero-order valence-electron chi connectivity index (χ0n) is 18.5. The van der Waals surface area contributed by atoms with Gasteiger partial charge in [0, 0.05) is 55.5 Å². The second kappa shape index (κ2) is 9.32. The minimum Gasteiger partial charge on any atom is -0.489 e. The second-order valence-electron chi connectivity index (χ2n) is 9.09. The van der Waals surface area contributed by atoms with Gasteiger partial charge in [-0.1, -0.05) is 36.4 Å². The molecule has 5 nitrogen and oxygen atoms in total. The van der Waals surface area contributed by atoms with Crippen molar-refractivity contribution in [3.8, 4) is 5.75 Å². The standard InChI is InChI=1S/C27H28FN3O2/c28-23-9-3-8-21(14-23)24-17-31(19-27(24)12-4-11-26(32)30-27)16-22-7-1-2-10-25(22)33-18-20-6-5-13-29-15-20/h1-3,5-10,13-15,24H,4,11-12,16-19H2,(H,30,32)/t24-,27+/m0/s1. The van der Waals surface area contributed by atoms with Crippen LogP contribution in [0.25, 0.3) is 0 Å². The summed E-state index contributed by atoms with van der Waals surface area (Å²) in [7, 11) is 0. The molecule has 2 aromatic carbocycles. The molecule has 0 unspecified atom stereocenters. The number of aromatic nitrogens is 1. The summed E-state index contributed by atoms with van der Waals surface area (Å²) in [5, 5.41) is 3.30. The Labute approximate surface area is 193 Å². The molecule has 1 aromatic heterocycles. The highest BCUT2D eigenvalue weighted by atomic mass is 19.1. The first-order chi connectivity index (χ1) is 16.1. The van der Waals surface area contributed by atoms with Crippen molar-refractivity contribution in [2.75, 3.05) is 13.1 Å². The van der Waals surface area contributed by atoms with E-state index >= 15 is 0 Å². The zero-order valence-corrected chi connectivity index (χ0v) is 18.5.